The Hall–Kier alpha value is -2.85. The average molecular weight is 462 g/mol. The molecular formula is C26H24BrNO2. The van der Waals surface area contributed by atoms with Crippen molar-refractivity contribution in [1.82, 2.24) is 4.90 Å². The number of benzene rings is 3. The smallest absolute Gasteiger partial charge is 0.254 e. The number of halogens is 1. The lowest BCUT2D eigenvalue weighted by atomic mass is 9.99. The number of fused-ring (bicyclic) bond motifs is 1. The second-order valence-electron chi connectivity index (χ2n) is 7.79. The summed E-state index contributed by atoms with van der Waals surface area (Å²) in [7, 11) is 0. The first-order valence-electron chi connectivity index (χ1n) is 9.96. The predicted octanol–water partition coefficient (Wildman–Crippen LogP) is 6.53. The number of carbonyl (C=O) groups excluding carboxylic acids is 1. The van der Waals surface area contributed by atoms with Crippen LogP contribution in [0, 0.1) is 6.92 Å². The zero-order chi connectivity index (χ0) is 21.3. The van der Waals surface area contributed by atoms with Gasteiger partial charge in [0.05, 0.1) is 0 Å². The number of hydrogen-bond acceptors (Lipinski definition) is 2. The van der Waals surface area contributed by atoms with Gasteiger partial charge >= 0.3 is 0 Å². The molecule has 1 aliphatic rings. The number of hydrogen-bond donors (Lipinski definition) is 0. The van der Waals surface area contributed by atoms with Gasteiger partial charge in [-0.25, -0.2) is 0 Å². The van der Waals surface area contributed by atoms with Crippen molar-refractivity contribution in [3.05, 3.63) is 105 Å². The highest BCUT2D eigenvalue weighted by Gasteiger charge is 2.26. The highest BCUT2D eigenvalue weighted by Crippen LogP contribution is 2.32. The molecule has 30 heavy (non-hydrogen) atoms. The van der Waals surface area contributed by atoms with Crippen LogP contribution >= 0.6 is 15.9 Å². The van der Waals surface area contributed by atoms with Gasteiger partial charge in [-0.1, -0.05) is 58.9 Å². The van der Waals surface area contributed by atoms with E-state index in [2.05, 4.69) is 34.6 Å². The summed E-state index contributed by atoms with van der Waals surface area (Å²) in [6.07, 6.45) is 0. The van der Waals surface area contributed by atoms with Gasteiger partial charge in [0.15, 0.2) is 0 Å². The molecule has 3 aromatic carbocycles. The van der Waals surface area contributed by atoms with Gasteiger partial charge in [-0.05, 0) is 65.9 Å². The van der Waals surface area contributed by atoms with Crippen LogP contribution in [0.15, 0.2) is 71.7 Å². The van der Waals surface area contributed by atoms with Crippen LogP contribution < -0.4 is 4.74 Å². The first-order valence-corrected chi connectivity index (χ1v) is 10.8. The quantitative estimate of drug-likeness (QED) is 0.432. The Morgan fingerprint density at radius 2 is 1.77 bits per heavy atom. The number of nitrogens with zero attached hydrogens (tertiary/aromatic N) is 1. The highest BCUT2D eigenvalue weighted by molar-refractivity contribution is 9.10. The lowest BCUT2D eigenvalue weighted by Gasteiger charge is -2.20. The van der Waals surface area contributed by atoms with Crippen LogP contribution in [0.5, 0.6) is 5.75 Å². The minimum atomic E-state index is 0.0388. The van der Waals surface area contributed by atoms with Gasteiger partial charge in [0.25, 0.3) is 5.91 Å². The van der Waals surface area contributed by atoms with Gasteiger partial charge in [-0.2, -0.15) is 0 Å². The van der Waals surface area contributed by atoms with Gasteiger partial charge in [0.2, 0.25) is 0 Å². The van der Waals surface area contributed by atoms with Gasteiger partial charge < -0.3 is 9.64 Å². The molecule has 1 amide bonds. The van der Waals surface area contributed by atoms with Crippen LogP contribution in [0.1, 0.15) is 45.1 Å². The molecule has 1 heterocycles. The maximum Gasteiger partial charge on any atom is 0.254 e. The summed E-state index contributed by atoms with van der Waals surface area (Å²) in [5.41, 5.74) is 6.85. The summed E-state index contributed by atoms with van der Waals surface area (Å²) < 4.78 is 7.14. The normalized spacial score (nSPS) is 12.6. The van der Waals surface area contributed by atoms with Gasteiger partial charge in [-0.15, -0.1) is 0 Å². The molecule has 0 saturated heterocycles. The van der Waals surface area contributed by atoms with E-state index in [4.69, 9.17) is 4.74 Å². The second kappa shape index (κ2) is 8.49. The third-order valence-electron chi connectivity index (χ3n) is 5.43. The summed E-state index contributed by atoms with van der Waals surface area (Å²) in [5.74, 6) is 0.797. The van der Waals surface area contributed by atoms with Crippen molar-refractivity contribution in [2.24, 2.45) is 0 Å². The van der Waals surface area contributed by atoms with Gasteiger partial charge in [0.1, 0.15) is 12.4 Å². The fourth-order valence-corrected chi connectivity index (χ4v) is 4.19. The van der Waals surface area contributed by atoms with Crippen molar-refractivity contribution < 1.29 is 9.53 Å². The number of carbonyl (C=O) groups is 1. The predicted molar refractivity (Wildman–Crippen MR) is 124 cm³/mol. The maximum absolute atomic E-state index is 13.3. The van der Waals surface area contributed by atoms with E-state index in [1.807, 2.05) is 67.3 Å². The standard InChI is InChI=1S/C26H24BrNO2/c1-17(2)23-13-24(18(3)11-25(23)30-16-19-7-5-4-6-8-19)26(29)28-14-20-9-10-22(27)12-21(20)15-28/h4-13H,1,14-16H2,2-3H3. The van der Waals surface area contributed by atoms with E-state index in [-0.39, 0.29) is 5.91 Å². The molecule has 0 aliphatic carbocycles. The van der Waals surface area contributed by atoms with E-state index in [1.165, 1.54) is 11.1 Å². The van der Waals surface area contributed by atoms with Crippen LogP contribution in [0.3, 0.4) is 0 Å². The molecule has 0 aromatic heterocycles. The van der Waals surface area contributed by atoms with E-state index in [9.17, 15) is 4.79 Å². The Kier molecular flexibility index (Phi) is 5.78. The Morgan fingerprint density at radius 1 is 1.03 bits per heavy atom. The molecular weight excluding hydrogens is 438 g/mol. The van der Waals surface area contributed by atoms with Crippen molar-refractivity contribution in [2.75, 3.05) is 0 Å². The summed E-state index contributed by atoms with van der Waals surface area (Å²) in [6, 6.07) is 20.1. The Bertz CT molecular complexity index is 1120. The monoisotopic (exact) mass is 461 g/mol. The molecule has 4 heteroatoms. The topological polar surface area (TPSA) is 29.5 Å². The van der Waals surface area contributed by atoms with Crippen LogP contribution in [0.4, 0.5) is 0 Å². The molecule has 0 bridgehead atoms. The molecule has 0 spiro atoms. The third kappa shape index (κ3) is 4.19. The fraction of sp³-hybridized carbons (Fsp3) is 0.192. The lowest BCUT2D eigenvalue weighted by molar-refractivity contribution is 0.0750. The summed E-state index contributed by atoms with van der Waals surface area (Å²) in [5, 5.41) is 0. The number of ether oxygens (including phenoxy) is 1. The van der Waals surface area contributed by atoms with Crippen LogP contribution in [0.25, 0.3) is 5.57 Å². The number of rotatable bonds is 5. The molecule has 0 atom stereocenters. The van der Waals surface area contributed by atoms with Gasteiger partial charge in [0, 0.05) is 28.7 Å². The maximum atomic E-state index is 13.3. The van der Waals surface area contributed by atoms with Crippen LogP contribution in [-0.2, 0) is 19.7 Å². The molecule has 0 saturated carbocycles. The van der Waals surface area contributed by atoms with E-state index in [0.717, 1.165) is 32.5 Å². The molecule has 3 nitrogen and oxygen atoms in total. The van der Waals surface area contributed by atoms with Crippen molar-refractivity contribution in [3.8, 4) is 5.75 Å². The van der Waals surface area contributed by atoms with Crippen LogP contribution in [-0.4, -0.2) is 10.8 Å². The molecule has 3 aromatic rings. The molecule has 0 N–H and O–H groups in total. The van der Waals surface area contributed by atoms with Gasteiger partial charge in [-0.3, -0.25) is 4.79 Å². The Balaban J connectivity index is 1.59. The third-order valence-corrected chi connectivity index (χ3v) is 5.93. The lowest BCUT2D eigenvalue weighted by Crippen LogP contribution is -2.26. The van der Waals surface area contributed by atoms with Crippen molar-refractivity contribution in [1.29, 1.82) is 0 Å². The molecule has 1 aliphatic heterocycles. The first-order chi connectivity index (χ1) is 14.4. The van der Waals surface area contributed by atoms with E-state index in [0.29, 0.717) is 25.3 Å². The minimum absolute atomic E-state index is 0.0388. The number of allylic oxidation sites excluding steroid dienone is 1. The fourth-order valence-electron chi connectivity index (χ4n) is 3.78. The van der Waals surface area contributed by atoms with E-state index in [1.54, 1.807) is 0 Å². The summed E-state index contributed by atoms with van der Waals surface area (Å²) in [4.78, 5) is 15.2. The summed E-state index contributed by atoms with van der Waals surface area (Å²) in [6.45, 7) is 9.74. The molecule has 0 unspecified atom stereocenters. The Labute approximate surface area is 186 Å². The van der Waals surface area contributed by atoms with Crippen LogP contribution in [0.2, 0.25) is 0 Å². The SMILES string of the molecule is C=C(C)c1cc(C(=O)N2Cc3ccc(Br)cc3C2)c(C)cc1OCc1ccccc1. The highest BCUT2D eigenvalue weighted by atomic mass is 79.9. The van der Waals surface area contributed by atoms with Crippen molar-refractivity contribution in [3.63, 3.8) is 0 Å². The first kappa shape index (κ1) is 20.4. The molecule has 0 fully saturated rings. The second-order valence-corrected chi connectivity index (χ2v) is 8.71. The minimum Gasteiger partial charge on any atom is -0.488 e. The zero-order valence-corrected chi connectivity index (χ0v) is 18.8. The summed E-state index contributed by atoms with van der Waals surface area (Å²) >= 11 is 3.52. The zero-order valence-electron chi connectivity index (χ0n) is 17.2. The Morgan fingerprint density at radius 3 is 2.50 bits per heavy atom. The largest absolute Gasteiger partial charge is 0.488 e. The molecule has 0 radical (unpaired) electrons. The molecule has 152 valence electrons. The number of aryl methyl sites for hydroxylation is 1. The molecule has 4 rings (SSSR count). The average Bonchev–Trinajstić information content (AvgIpc) is 3.15. The number of amides is 1. The van der Waals surface area contributed by atoms with Crippen molar-refractivity contribution in [2.45, 2.75) is 33.5 Å². The van der Waals surface area contributed by atoms with E-state index >= 15 is 0 Å². The van der Waals surface area contributed by atoms with Crippen molar-refractivity contribution >= 4 is 27.4 Å². The van der Waals surface area contributed by atoms with E-state index < -0.39 is 0 Å².